The highest BCUT2D eigenvalue weighted by Crippen LogP contribution is 2.15. The number of nitrogens with zero attached hydrogens (tertiary/aromatic N) is 1. The smallest absolute Gasteiger partial charge is 0.422 e. The summed E-state index contributed by atoms with van der Waals surface area (Å²) >= 11 is 0. The van der Waals surface area contributed by atoms with E-state index in [1.54, 1.807) is 71.9 Å². The molecule has 138 valence electrons. The molecule has 2 amide bonds. The maximum absolute atomic E-state index is 12.2. The highest BCUT2D eigenvalue weighted by Gasteiger charge is 2.32. The first-order valence-corrected chi connectivity index (χ1v) is 7.85. The van der Waals surface area contributed by atoms with Crippen LogP contribution >= 0.6 is 0 Å². The van der Waals surface area contributed by atoms with Crippen molar-refractivity contribution in [1.82, 2.24) is 4.90 Å². The van der Waals surface area contributed by atoms with Gasteiger partial charge in [-0.3, -0.25) is 0 Å². The minimum atomic E-state index is -0.956. The normalized spacial score (nSPS) is 11.4. The van der Waals surface area contributed by atoms with Crippen LogP contribution in [0.15, 0.2) is 30.3 Å². The monoisotopic (exact) mass is 351 g/mol. The van der Waals surface area contributed by atoms with Crippen LogP contribution in [0.3, 0.4) is 0 Å². The molecule has 7 heteroatoms. The third-order valence-corrected chi connectivity index (χ3v) is 2.56. The van der Waals surface area contributed by atoms with E-state index in [-0.39, 0.29) is 0 Å². The summed E-state index contributed by atoms with van der Waals surface area (Å²) in [4.78, 5) is 37.1. The van der Waals surface area contributed by atoms with Crippen LogP contribution in [0.4, 0.5) is 9.59 Å². The third-order valence-electron chi connectivity index (χ3n) is 2.56. The largest absolute Gasteiger partial charge is 0.443 e. The Hall–Kier alpha value is -2.57. The van der Waals surface area contributed by atoms with Crippen molar-refractivity contribution in [2.75, 3.05) is 6.73 Å². The van der Waals surface area contributed by atoms with Gasteiger partial charge in [0.1, 0.15) is 11.2 Å². The standard InChI is InChI=1S/C18H25NO6/c1-17(2,3)24-15(21)19(16(22)25-18(4,5)6)12-23-14(20)13-10-8-7-9-11-13/h7-11H,12H2,1-6H3. The molecule has 0 aromatic heterocycles. The van der Waals surface area contributed by atoms with E-state index in [0.29, 0.717) is 10.5 Å². The summed E-state index contributed by atoms with van der Waals surface area (Å²) in [5.74, 6) is -0.669. The molecule has 0 spiro atoms. The van der Waals surface area contributed by atoms with Crippen molar-refractivity contribution in [2.45, 2.75) is 52.7 Å². The fourth-order valence-electron chi connectivity index (χ4n) is 1.59. The van der Waals surface area contributed by atoms with Crippen LogP contribution in [0.2, 0.25) is 0 Å². The number of rotatable bonds is 3. The highest BCUT2D eigenvalue weighted by molar-refractivity contribution is 5.91. The molecule has 0 saturated carbocycles. The Balaban J connectivity index is 2.85. The first kappa shape index (κ1) is 20.5. The molecule has 0 bridgehead atoms. The molecule has 7 nitrogen and oxygen atoms in total. The van der Waals surface area contributed by atoms with Gasteiger partial charge in [0.25, 0.3) is 0 Å². The van der Waals surface area contributed by atoms with Gasteiger partial charge in [0.2, 0.25) is 0 Å². The Kier molecular flexibility index (Phi) is 6.55. The summed E-state index contributed by atoms with van der Waals surface area (Å²) in [6.45, 7) is 9.35. The van der Waals surface area contributed by atoms with E-state index in [1.807, 2.05) is 0 Å². The molecule has 0 aliphatic heterocycles. The van der Waals surface area contributed by atoms with Crippen LogP contribution in [0.1, 0.15) is 51.9 Å². The highest BCUT2D eigenvalue weighted by atomic mass is 16.6. The van der Waals surface area contributed by atoms with Gasteiger partial charge < -0.3 is 14.2 Å². The van der Waals surface area contributed by atoms with E-state index >= 15 is 0 Å². The second kappa shape index (κ2) is 8.00. The topological polar surface area (TPSA) is 82.1 Å². The minimum absolute atomic E-state index is 0.302. The van der Waals surface area contributed by atoms with Gasteiger partial charge in [-0.15, -0.1) is 0 Å². The molecule has 0 radical (unpaired) electrons. The zero-order chi connectivity index (χ0) is 19.3. The SMILES string of the molecule is CC(C)(C)OC(=O)N(COC(=O)c1ccccc1)C(=O)OC(C)(C)C. The minimum Gasteiger partial charge on any atom is -0.443 e. The number of carbonyl (C=O) groups is 3. The first-order valence-electron chi connectivity index (χ1n) is 7.85. The fourth-order valence-corrected chi connectivity index (χ4v) is 1.59. The molecule has 0 heterocycles. The Labute approximate surface area is 147 Å². The summed E-state index contributed by atoms with van der Waals surface area (Å²) in [5.41, 5.74) is -1.34. The van der Waals surface area contributed by atoms with Crippen molar-refractivity contribution in [3.63, 3.8) is 0 Å². The number of hydrogen-bond donors (Lipinski definition) is 0. The van der Waals surface area contributed by atoms with Crippen molar-refractivity contribution >= 4 is 18.2 Å². The van der Waals surface area contributed by atoms with E-state index in [2.05, 4.69) is 0 Å². The van der Waals surface area contributed by atoms with Gasteiger partial charge in [0.05, 0.1) is 5.56 Å². The van der Waals surface area contributed by atoms with Crippen molar-refractivity contribution < 1.29 is 28.6 Å². The molecule has 0 saturated heterocycles. The number of amides is 2. The molecule has 0 unspecified atom stereocenters. The van der Waals surface area contributed by atoms with Crippen LogP contribution in [0, 0.1) is 0 Å². The number of imide groups is 1. The second-order valence-corrected chi connectivity index (χ2v) is 7.32. The van der Waals surface area contributed by atoms with Gasteiger partial charge in [-0.2, -0.15) is 4.90 Å². The Morgan fingerprint density at radius 2 is 1.28 bits per heavy atom. The number of esters is 1. The van der Waals surface area contributed by atoms with Crippen LogP contribution in [0.5, 0.6) is 0 Å². The first-order chi connectivity index (χ1) is 11.4. The Morgan fingerprint density at radius 1 is 0.840 bits per heavy atom. The molecule has 0 aliphatic carbocycles. The number of benzene rings is 1. The lowest BCUT2D eigenvalue weighted by atomic mass is 10.2. The van der Waals surface area contributed by atoms with E-state index in [1.165, 1.54) is 0 Å². The van der Waals surface area contributed by atoms with Gasteiger partial charge in [-0.25, -0.2) is 14.4 Å². The van der Waals surface area contributed by atoms with Gasteiger partial charge in [-0.05, 0) is 53.7 Å². The van der Waals surface area contributed by atoms with Gasteiger partial charge in [0, 0.05) is 0 Å². The van der Waals surface area contributed by atoms with E-state index in [9.17, 15) is 14.4 Å². The lowest BCUT2D eigenvalue weighted by Crippen LogP contribution is -2.45. The molecule has 1 rings (SSSR count). The molecular formula is C18H25NO6. The number of hydrogen-bond acceptors (Lipinski definition) is 6. The summed E-state index contributed by atoms with van der Waals surface area (Å²) in [7, 11) is 0. The molecular weight excluding hydrogens is 326 g/mol. The quantitative estimate of drug-likeness (QED) is 0.465. The van der Waals surface area contributed by atoms with E-state index in [0.717, 1.165) is 0 Å². The van der Waals surface area contributed by atoms with E-state index < -0.39 is 36.1 Å². The van der Waals surface area contributed by atoms with Crippen molar-refractivity contribution in [3.8, 4) is 0 Å². The lowest BCUT2D eigenvalue weighted by Gasteiger charge is -2.28. The van der Waals surface area contributed by atoms with Crippen LogP contribution in [-0.4, -0.2) is 41.0 Å². The predicted molar refractivity (Wildman–Crippen MR) is 91.0 cm³/mol. The molecule has 0 aliphatic rings. The Bertz CT molecular complexity index is 585. The zero-order valence-corrected chi connectivity index (χ0v) is 15.5. The number of carbonyl (C=O) groups excluding carboxylic acids is 3. The summed E-state index contributed by atoms with van der Waals surface area (Å²) in [6, 6.07) is 8.23. The molecule has 25 heavy (non-hydrogen) atoms. The second-order valence-electron chi connectivity index (χ2n) is 7.32. The molecule has 1 aromatic carbocycles. The van der Waals surface area contributed by atoms with E-state index in [4.69, 9.17) is 14.2 Å². The maximum Gasteiger partial charge on any atom is 0.422 e. The van der Waals surface area contributed by atoms with Crippen molar-refractivity contribution in [3.05, 3.63) is 35.9 Å². The molecule has 0 atom stereocenters. The summed E-state index contributed by atoms with van der Waals surface area (Å²) in [6.07, 6.45) is -1.91. The molecule has 0 fully saturated rings. The predicted octanol–water partition coefficient (Wildman–Crippen LogP) is 3.97. The fraction of sp³-hybridized carbons (Fsp3) is 0.500. The van der Waals surface area contributed by atoms with Crippen LogP contribution < -0.4 is 0 Å². The zero-order valence-electron chi connectivity index (χ0n) is 15.5. The summed E-state index contributed by atoms with van der Waals surface area (Å²) < 4.78 is 15.4. The van der Waals surface area contributed by atoms with Gasteiger partial charge in [0.15, 0.2) is 6.73 Å². The van der Waals surface area contributed by atoms with Crippen LogP contribution in [-0.2, 0) is 14.2 Å². The van der Waals surface area contributed by atoms with Crippen LogP contribution in [0.25, 0.3) is 0 Å². The summed E-state index contributed by atoms with van der Waals surface area (Å²) in [5, 5.41) is 0. The Morgan fingerprint density at radius 3 is 1.68 bits per heavy atom. The third kappa shape index (κ3) is 7.69. The average Bonchev–Trinajstić information content (AvgIpc) is 2.44. The number of ether oxygens (including phenoxy) is 3. The van der Waals surface area contributed by atoms with Crippen molar-refractivity contribution in [2.24, 2.45) is 0 Å². The lowest BCUT2D eigenvalue weighted by molar-refractivity contribution is -0.0224. The average molecular weight is 351 g/mol. The molecule has 0 N–H and O–H groups in total. The molecule has 1 aromatic rings. The van der Waals surface area contributed by atoms with Crippen molar-refractivity contribution in [1.29, 1.82) is 0 Å². The van der Waals surface area contributed by atoms with Gasteiger partial charge in [-0.1, -0.05) is 18.2 Å². The maximum atomic E-state index is 12.2. The van der Waals surface area contributed by atoms with Gasteiger partial charge >= 0.3 is 18.2 Å².